The van der Waals surface area contributed by atoms with E-state index in [1.54, 1.807) is 29.5 Å². The highest BCUT2D eigenvalue weighted by Gasteiger charge is 2.28. The van der Waals surface area contributed by atoms with Gasteiger partial charge in [-0.3, -0.25) is 0 Å². The normalized spacial score (nSPS) is 17.5. The molecule has 6 heteroatoms. The lowest BCUT2D eigenvalue weighted by Gasteiger charge is -2.33. The zero-order chi connectivity index (χ0) is 15.0. The fourth-order valence-electron chi connectivity index (χ4n) is 2.56. The number of halogens is 2. The number of nitrogens with zero attached hydrogens (tertiary/aromatic N) is 1. The average Bonchev–Trinajstić information content (AvgIpc) is 2.92. The minimum atomic E-state index is -0.113. The number of rotatable bonds is 1. The van der Waals surface area contributed by atoms with Crippen molar-refractivity contribution in [2.24, 2.45) is 0 Å². The summed E-state index contributed by atoms with van der Waals surface area (Å²) >= 11 is 13.6. The molecule has 0 fully saturated rings. The van der Waals surface area contributed by atoms with Gasteiger partial charge in [-0.05, 0) is 48.6 Å². The Morgan fingerprint density at radius 1 is 1.33 bits per heavy atom. The Hall–Kier alpha value is -1.23. The molecule has 1 aliphatic heterocycles. The number of thiophene rings is 1. The van der Waals surface area contributed by atoms with Crippen molar-refractivity contribution in [1.82, 2.24) is 4.90 Å². The summed E-state index contributed by atoms with van der Waals surface area (Å²) in [6.45, 7) is 2.78. The number of hydrogen-bond acceptors (Lipinski definition) is 2. The molecule has 0 radical (unpaired) electrons. The quantitative estimate of drug-likeness (QED) is 0.759. The molecule has 2 aromatic rings. The summed E-state index contributed by atoms with van der Waals surface area (Å²) < 4.78 is 0. The summed E-state index contributed by atoms with van der Waals surface area (Å²) in [6.07, 6.45) is 0.909. The topological polar surface area (TPSA) is 32.3 Å². The Morgan fingerprint density at radius 3 is 2.90 bits per heavy atom. The molecule has 110 valence electrons. The van der Waals surface area contributed by atoms with Gasteiger partial charge >= 0.3 is 6.03 Å². The predicted octanol–water partition coefficient (Wildman–Crippen LogP) is 5.21. The van der Waals surface area contributed by atoms with Crippen LogP contribution in [0.3, 0.4) is 0 Å². The molecule has 1 unspecified atom stereocenters. The number of fused-ring (bicyclic) bond motifs is 1. The maximum atomic E-state index is 12.4. The van der Waals surface area contributed by atoms with Gasteiger partial charge in [-0.15, -0.1) is 11.3 Å². The molecule has 1 aromatic carbocycles. The van der Waals surface area contributed by atoms with E-state index in [0.29, 0.717) is 15.7 Å². The van der Waals surface area contributed by atoms with E-state index in [9.17, 15) is 4.79 Å². The Labute approximate surface area is 137 Å². The minimum Gasteiger partial charge on any atom is -0.317 e. The van der Waals surface area contributed by atoms with E-state index < -0.39 is 0 Å². The van der Waals surface area contributed by atoms with Gasteiger partial charge in [0.15, 0.2) is 0 Å². The van der Waals surface area contributed by atoms with Gasteiger partial charge in [-0.25, -0.2) is 4.79 Å². The Morgan fingerprint density at radius 2 is 2.14 bits per heavy atom. The van der Waals surface area contributed by atoms with Crippen LogP contribution < -0.4 is 5.32 Å². The lowest BCUT2D eigenvalue weighted by atomic mass is 10.0. The van der Waals surface area contributed by atoms with E-state index in [4.69, 9.17) is 23.2 Å². The van der Waals surface area contributed by atoms with Crippen LogP contribution in [0.15, 0.2) is 29.6 Å². The van der Waals surface area contributed by atoms with Crippen molar-refractivity contribution >= 4 is 46.3 Å². The number of urea groups is 1. The van der Waals surface area contributed by atoms with E-state index in [0.717, 1.165) is 13.0 Å². The first kappa shape index (κ1) is 14.7. The number of anilines is 1. The lowest BCUT2D eigenvalue weighted by molar-refractivity contribution is 0.189. The van der Waals surface area contributed by atoms with Gasteiger partial charge in [-0.1, -0.05) is 23.2 Å². The van der Waals surface area contributed by atoms with Gasteiger partial charge in [-0.2, -0.15) is 0 Å². The summed E-state index contributed by atoms with van der Waals surface area (Å²) in [6, 6.07) is 7.16. The highest BCUT2D eigenvalue weighted by atomic mass is 35.5. The second-order valence-electron chi connectivity index (χ2n) is 4.98. The molecule has 1 N–H and O–H groups in total. The van der Waals surface area contributed by atoms with Gasteiger partial charge < -0.3 is 10.2 Å². The molecule has 2 heterocycles. The van der Waals surface area contributed by atoms with Crippen molar-refractivity contribution in [2.45, 2.75) is 19.4 Å². The molecule has 0 saturated carbocycles. The number of benzene rings is 1. The van der Waals surface area contributed by atoms with Crippen molar-refractivity contribution in [2.75, 3.05) is 11.9 Å². The molecule has 1 aromatic heterocycles. The molecule has 1 aliphatic rings. The summed E-state index contributed by atoms with van der Waals surface area (Å²) in [5.41, 5.74) is 1.90. The molecule has 3 rings (SSSR count). The third kappa shape index (κ3) is 2.89. The van der Waals surface area contributed by atoms with E-state index in [1.807, 2.05) is 4.90 Å². The largest absolute Gasteiger partial charge is 0.322 e. The second-order valence-corrected chi connectivity index (χ2v) is 6.79. The zero-order valence-corrected chi connectivity index (χ0v) is 13.7. The van der Waals surface area contributed by atoms with Crippen LogP contribution in [0.2, 0.25) is 10.0 Å². The fourth-order valence-corrected chi connectivity index (χ4v) is 3.82. The Balaban J connectivity index is 1.75. The van der Waals surface area contributed by atoms with Crippen LogP contribution in [0.4, 0.5) is 10.5 Å². The summed E-state index contributed by atoms with van der Waals surface area (Å²) in [5.74, 6) is 0. The van der Waals surface area contributed by atoms with E-state index in [1.165, 1.54) is 10.4 Å². The van der Waals surface area contributed by atoms with Crippen molar-refractivity contribution in [3.05, 3.63) is 50.1 Å². The van der Waals surface area contributed by atoms with Gasteiger partial charge in [0, 0.05) is 17.1 Å². The van der Waals surface area contributed by atoms with Crippen LogP contribution in [0, 0.1) is 0 Å². The monoisotopic (exact) mass is 340 g/mol. The van der Waals surface area contributed by atoms with E-state index in [-0.39, 0.29) is 12.1 Å². The second kappa shape index (κ2) is 5.87. The van der Waals surface area contributed by atoms with Crippen LogP contribution in [-0.4, -0.2) is 17.5 Å². The first-order valence-corrected chi connectivity index (χ1v) is 8.29. The molecular weight excluding hydrogens is 327 g/mol. The highest BCUT2D eigenvalue weighted by Crippen LogP contribution is 2.33. The first-order chi connectivity index (χ1) is 10.1. The summed E-state index contributed by atoms with van der Waals surface area (Å²) in [7, 11) is 0. The Bertz CT molecular complexity index is 686. The third-order valence-electron chi connectivity index (χ3n) is 3.71. The fraction of sp³-hybridized carbons (Fsp3) is 0.267. The van der Waals surface area contributed by atoms with E-state index in [2.05, 4.69) is 23.7 Å². The molecule has 3 nitrogen and oxygen atoms in total. The van der Waals surface area contributed by atoms with Crippen LogP contribution in [-0.2, 0) is 6.42 Å². The molecular formula is C15H14Cl2N2OS. The average molecular weight is 341 g/mol. The van der Waals surface area contributed by atoms with Crippen molar-refractivity contribution in [3.8, 4) is 0 Å². The maximum Gasteiger partial charge on any atom is 0.322 e. The predicted molar refractivity (Wildman–Crippen MR) is 88.6 cm³/mol. The van der Waals surface area contributed by atoms with Crippen LogP contribution in [0.25, 0.3) is 0 Å². The molecule has 0 saturated heterocycles. The molecule has 0 bridgehead atoms. The van der Waals surface area contributed by atoms with Gasteiger partial charge in [0.25, 0.3) is 0 Å². The molecule has 2 amide bonds. The standard InChI is InChI=1S/C15H14Cl2N2OS/c1-9-11-5-7-21-14(11)4-6-19(9)15(20)18-10-2-3-12(16)13(17)8-10/h2-3,5,7-9H,4,6H2,1H3,(H,18,20). The summed E-state index contributed by atoms with van der Waals surface area (Å²) in [5, 5.41) is 5.87. The number of amides is 2. The molecule has 1 atom stereocenters. The molecule has 0 aliphatic carbocycles. The SMILES string of the molecule is CC1c2ccsc2CCN1C(=O)Nc1ccc(Cl)c(Cl)c1. The van der Waals surface area contributed by atoms with Crippen molar-refractivity contribution in [1.29, 1.82) is 0 Å². The zero-order valence-electron chi connectivity index (χ0n) is 11.4. The van der Waals surface area contributed by atoms with Crippen molar-refractivity contribution in [3.63, 3.8) is 0 Å². The number of hydrogen-bond donors (Lipinski definition) is 1. The lowest BCUT2D eigenvalue weighted by Crippen LogP contribution is -2.40. The van der Waals surface area contributed by atoms with E-state index >= 15 is 0 Å². The van der Waals surface area contributed by atoms with Crippen LogP contribution in [0.1, 0.15) is 23.4 Å². The maximum absolute atomic E-state index is 12.4. The van der Waals surface area contributed by atoms with Gasteiger partial charge in [0.05, 0.1) is 16.1 Å². The number of carbonyl (C=O) groups is 1. The smallest absolute Gasteiger partial charge is 0.317 e. The number of nitrogens with one attached hydrogen (secondary N) is 1. The molecule has 21 heavy (non-hydrogen) atoms. The number of carbonyl (C=O) groups excluding carboxylic acids is 1. The van der Waals surface area contributed by atoms with Crippen molar-refractivity contribution < 1.29 is 4.79 Å². The Kier molecular flexibility index (Phi) is 4.11. The highest BCUT2D eigenvalue weighted by molar-refractivity contribution is 7.10. The van der Waals surface area contributed by atoms with Crippen LogP contribution >= 0.6 is 34.5 Å². The van der Waals surface area contributed by atoms with Gasteiger partial charge in [0.1, 0.15) is 0 Å². The molecule has 0 spiro atoms. The third-order valence-corrected chi connectivity index (χ3v) is 5.44. The first-order valence-electron chi connectivity index (χ1n) is 6.65. The van der Waals surface area contributed by atoms with Gasteiger partial charge in [0.2, 0.25) is 0 Å². The minimum absolute atomic E-state index is 0.0859. The van der Waals surface area contributed by atoms with Crippen LogP contribution in [0.5, 0.6) is 0 Å². The summed E-state index contributed by atoms with van der Waals surface area (Å²) in [4.78, 5) is 15.7.